The first-order valence-electron chi connectivity index (χ1n) is 8.31. The molecule has 0 unspecified atom stereocenters. The van der Waals surface area contributed by atoms with Crippen LogP contribution in [0.3, 0.4) is 0 Å². The summed E-state index contributed by atoms with van der Waals surface area (Å²) in [5.74, 6) is 0.216. The average molecular weight is 286 g/mol. The van der Waals surface area contributed by atoms with Crippen molar-refractivity contribution in [2.24, 2.45) is 5.41 Å². The van der Waals surface area contributed by atoms with Crippen LogP contribution in [0.15, 0.2) is 24.3 Å². The van der Waals surface area contributed by atoms with E-state index in [0.717, 1.165) is 44.6 Å². The SMILES string of the molecule is CCCc1ccc(C(=O)N2CCC3(CCNCC3)C2)cc1. The maximum Gasteiger partial charge on any atom is 0.253 e. The lowest BCUT2D eigenvalue weighted by molar-refractivity contribution is 0.0762. The van der Waals surface area contributed by atoms with Crippen molar-refractivity contribution in [1.82, 2.24) is 10.2 Å². The van der Waals surface area contributed by atoms with Crippen LogP contribution >= 0.6 is 0 Å². The molecule has 3 nitrogen and oxygen atoms in total. The summed E-state index contributed by atoms with van der Waals surface area (Å²) in [5, 5.41) is 3.43. The van der Waals surface area contributed by atoms with Crippen molar-refractivity contribution >= 4 is 5.91 Å². The van der Waals surface area contributed by atoms with Gasteiger partial charge >= 0.3 is 0 Å². The van der Waals surface area contributed by atoms with E-state index in [1.807, 2.05) is 12.1 Å². The minimum absolute atomic E-state index is 0.216. The molecule has 1 amide bonds. The normalized spacial score (nSPS) is 20.9. The standard InChI is InChI=1S/C18H26N2O/c1-2-3-15-4-6-16(7-5-15)17(21)20-13-10-18(14-20)8-11-19-12-9-18/h4-7,19H,2-3,8-14H2,1H3. The molecular formula is C18H26N2O. The molecule has 0 bridgehead atoms. The first kappa shape index (κ1) is 14.6. The monoisotopic (exact) mass is 286 g/mol. The predicted octanol–water partition coefficient (Wildman–Crippen LogP) is 2.85. The third-order valence-corrected chi connectivity index (χ3v) is 5.13. The molecule has 2 saturated heterocycles. The zero-order valence-corrected chi connectivity index (χ0v) is 13.0. The van der Waals surface area contributed by atoms with Gasteiger partial charge in [-0.15, -0.1) is 0 Å². The first-order valence-corrected chi connectivity index (χ1v) is 8.31. The average Bonchev–Trinajstić information content (AvgIpc) is 2.92. The van der Waals surface area contributed by atoms with Crippen LogP contribution in [0.5, 0.6) is 0 Å². The number of amides is 1. The van der Waals surface area contributed by atoms with Crippen molar-refractivity contribution in [3.8, 4) is 0 Å². The molecular weight excluding hydrogens is 260 g/mol. The second-order valence-corrected chi connectivity index (χ2v) is 6.67. The Balaban J connectivity index is 1.65. The Morgan fingerprint density at radius 1 is 1.19 bits per heavy atom. The van der Waals surface area contributed by atoms with E-state index in [9.17, 15) is 4.79 Å². The van der Waals surface area contributed by atoms with Gasteiger partial charge in [0.1, 0.15) is 0 Å². The van der Waals surface area contributed by atoms with Gasteiger partial charge in [0.2, 0.25) is 0 Å². The van der Waals surface area contributed by atoms with E-state index in [-0.39, 0.29) is 5.91 Å². The summed E-state index contributed by atoms with van der Waals surface area (Å²) in [4.78, 5) is 14.7. The Hall–Kier alpha value is -1.35. The van der Waals surface area contributed by atoms with Gasteiger partial charge in [0, 0.05) is 18.7 Å². The molecule has 2 heterocycles. The summed E-state index contributed by atoms with van der Waals surface area (Å²) in [6.07, 6.45) is 5.84. The van der Waals surface area contributed by atoms with Crippen molar-refractivity contribution in [3.63, 3.8) is 0 Å². The second kappa shape index (κ2) is 6.18. The van der Waals surface area contributed by atoms with E-state index < -0.39 is 0 Å². The number of carbonyl (C=O) groups is 1. The highest BCUT2D eigenvalue weighted by Gasteiger charge is 2.40. The Morgan fingerprint density at radius 2 is 1.90 bits per heavy atom. The third kappa shape index (κ3) is 3.13. The van der Waals surface area contributed by atoms with Crippen molar-refractivity contribution < 1.29 is 4.79 Å². The molecule has 1 aromatic carbocycles. The molecule has 2 fully saturated rings. The highest BCUT2D eigenvalue weighted by atomic mass is 16.2. The van der Waals surface area contributed by atoms with Crippen LogP contribution in [-0.4, -0.2) is 37.0 Å². The van der Waals surface area contributed by atoms with Gasteiger partial charge in [-0.2, -0.15) is 0 Å². The fourth-order valence-electron chi connectivity index (χ4n) is 3.76. The van der Waals surface area contributed by atoms with Crippen LogP contribution in [0.1, 0.15) is 48.5 Å². The van der Waals surface area contributed by atoms with Crippen LogP contribution in [-0.2, 0) is 6.42 Å². The maximum absolute atomic E-state index is 12.7. The van der Waals surface area contributed by atoms with Crippen LogP contribution < -0.4 is 5.32 Å². The largest absolute Gasteiger partial charge is 0.338 e. The lowest BCUT2D eigenvalue weighted by atomic mass is 9.78. The molecule has 1 spiro atoms. The Morgan fingerprint density at radius 3 is 2.57 bits per heavy atom. The van der Waals surface area contributed by atoms with E-state index in [4.69, 9.17) is 0 Å². The van der Waals surface area contributed by atoms with E-state index in [1.165, 1.54) is 24.8 Å². The van der Waals surface area contributed by atoms with Gasteiger partial charge in [-0.1, -0.05) is 25.5 Å². The molecule has 0 aliphatic carbocycles. The summed E-state index contributed by atoms with van der Waals surface area (Å²) in [5.41, 5.74) is 2.56. The fraction of sp³-hybridized carbons (Fsp3) is 0.611. The minimum Gasteiger partial charge on any atom is -0.338 e. The number of hydrogen-bond acceptors (Lipinski definition) is 2. The van der Waals surface area contributed by atoms with Crippen LogP contribution in [0, 0.1) is 5.41 Å². The number of nitrogens with zero attached hydrogens (tertiary/aromatic N) is 1. The van der Waals surface area contributed by atoms with Crippen molar-refractivity contribution in [2.75, 3.05) is 26.2 Å². The molecule has 1 N–H and O–H groups in total. The van der Waals surface area contributed by atoms with Crippen molar-refractivity contribution in [3.05, 3.63) is 35.4 Å². The van der Waals surface area contributed by atoms with Gasteiger partial charge in [-0.05, 0) is 61.9 Å². The zero-order valence-electron chi connectivity index (χ0n) is 13.0. The first-order chi connectivity index (χ1) is 10.2. The summed E-state index contributed by atoms with van der Waals surface area (Å²) >= 11 is 0. The van der Waals surface area contributed by atoms with E-state index in [0.29, 0.717) is 5.41 Å². The Kier molecular flexibility index (Phi) is 4.29. The fourth-order valence-corrected chi connectivity index (χ4v) is 3.76. The van der Waals surface area contributed by atoms with Gasteiger partial charge in [-0.25, -0.2) is 0 Å². The van der Waals surface area contributed by atoms with E-state index >= 15 is 0 Å². The number of likely N-dealkylation sites (tertiary alicyclic amines) is 1. The summed E-state index contributed by atoms with van der Waals surface area (Å²) in [6.45, 7) is 6.27. The number of aryl methyl sites for hydroxylation is 1. The quantitative estimate of drug-likeness (QED) is 0.926. The summed E-state index contributed by atoms with van der Waals surface area (Å²) < 4.78 is 0. The van der Waals surface area contributed by atoms with E-state index in [1.54, 1.807) is 0 Å². The van der Waals surface area contributed by atoms with Crippen molar-refractivity contribution in [1.29, 1.82) is 0 Å². The van der Waals surface area contributed by atoms with Crippen LogP contribution in [0.4, 0.5) is 0 Å². The molecule has 3 heteroatoms. The lowest BCUT2D eigenvalue weighted by Crippen LogP contribution is -2.39. The van der Waals surface area contributed by atoms with Gasteiger partial charge in [0.15, 0.2) is 0 Å². The minimum atomic E-state index is 0.216. The van der Waals surface area contributed by atoms with Gasteiger partial charge in [0.25, 0.3) is 5.91 Å². The van der Waals surface area contributed by atoms with E-state index in [2.05, 4.69) is 29.3 Å². The number of carbonyl (C=O) groups excluding carboxylic acids is 1. The zero-order chi connectivity index (χ0) is 14.7. The number of nitrogens with one attached hydrogen (secondary N) is 1. The Bertz CT molecular complexity index is 488. The number of piperidine rings is 1. The topological polar surface area (TPSA) is 32.3 Å². The molecule has 0 atom stereocenters. The molecule has 1 aromatic rings. The Labute approximate surface area is 127 Å². The number of benzene rings is 1. The lowest BCUT2D eigenvalue weighted by Gasteiger charge is -2.33. The summed E-state index contributed by atoms with van der Waals surface area (Å²) in [6, 6.07) is 8.21. The van der Waals surface area contributed by atoms with Gasteiger partial charge < -0.3 is 10.2 Å². The second-order valence-electron chi connectivity index (χ2n) is 6.67. The maximum atomic E-state index is 12.7. The molecule has 114 valence electrons. The van der Waals surface area contributed by atoms with Crippen LogP contribution in [0.25, 0.3) is 0 Å². The van der Waals surface area contributed by atoms with Crippen molar-refractivity contribution in [2.45, 2.75) is 39.0 Å². The smallest absolute Gasteiger partial charge is 0.253 e. The molecule has 21 heavy (non-hydrogen) atoms. The molecule has 2 aliphatic heterocycles. The third-order valence-electron chi connectivity index (χ3n) is 5.13. The highest BCUT2D eigenvalue weighted by Crippen LogP contribution is 2.38. The van der Waals surface area contributed by atoms with Crippen LogP contribution in [0.2, 0.25) is 0 Å². The van der Waals surface area contributed by atoms with Gasteiger partial charge in [0.05, 0.1) is 0 Å². The number of rotatable bonds is 3. The molecule has 0 aromatic heterocycles. The molecule has 0 saturated carbocycles. The summed E-state index contributed by atoms with van der Waals surface area (Å²) in [7, 11) is 0. The molecule has 2 aliphatic rings. The number of hydrogen-bond donors (Lipinski definition) is 1. The molecule has 0 radical (unpaired) electrons. The highest BCUT2D eigenvalue weighted by molar-refractivity contribution is 5.94. The predicted molar refractivity (Wildman–Crippen MR) is 85.5 cm³/mol. The van der Waals surface area contributed by atoms with Gasteiger partial charge in [-0.3, -0.25) is 4.79 Å². The molecule has 3 rings (SSSR count).